The van der Waals surface area contributed by atoms with Gasteiger partial charge in [0.25, 0.3) is 0 Å². The standard InChI is InChI=1S/C21H13Cl4NO3S/c22-15-10-16(23)20(25)18(19(15)24)14-9-12-3-1-2-4-17(12)29-21(14)11-5-7-13(8-6-11)30(26,27)28/h1-8,10H,9H2,(H2,26,27,28). The van der Waals surface area contributed by atoms with Crippen molar-refractivity contribution in [3.8, 4) is 5.75 Å². The Kier molecular flexibility index (Phi) is 5.79. The number of para-hydroxylation sites is 1. The van der Waals surface area contributed by atoms with Crippen molar-refractivity contribution < 1.29 is 13.2 Å². The van der Waals surface area contributed by atoms with Crippen LogP contribution in [0.4, 0.5) is 0 Å². The van der Waals surface area contributed by atoms with E-state index in [1.165, 1.54) is 18.2 Å². The van der Waals surface area contributed by atoms with Gasteiger partial charge in [0.1, 0.15) is 11.5 Å². The fourth-order valence-corrected chi connectivity index (χ4v) is 4.81. The number of rotatable bonds is 3. The predicted octanol–water partition coefficient (Wildman–Crippen LogP) is 6.45. The van der Waals surface area contributed by atoms with Crippen molar-refractivity contribution in [2.24, 2.45) is 5.14 Å². The highest BCUT2D eigenvalue weighted by Gasteiger charge is 2.27. The summed E-state index contributed by atoms with van der Waals surface area (Å²) in [5, 5.41) is 6.23. The zero-order valence-electron chi connectivity index (χ0n) is 15.1. The Hall–Kier alpha value is -1.73. The molecule has 0 atom stereocenters. The van der Waals surface area contributed by atoms with Crippen molar-refractivity contribution in [3.63, 3.8) is 0 Å². The van der Waals surface area contributed by atoms with Crippen LogP contribution in [0.3, 0.4) is 0 Å². The van der Waals surface area contributed by atoms with E-state index in [0.29, 0.717) is 34.6 Å². The fourth-order valence-electron chi connectivity index (χ4n) is 3.26. The number of ether oxygens (including phenoxy) is 1. The molecule has 3 aromatic carbocycles. The van der Waals surface area contributed by atoms with Gasteiger partial charge in [-0.15, -0.1) is 0 Å². The normalized spacial score (nSPS) is 13.8. The molecule has 9 heteroatoms. The lowest BCUT2D eigenvalue weighted by Crippen LogP contribution is -2.13. The van der Waals surface area contributed by atoms with E-state index < -0.39 is 10.0 Å². The van der Waals surface area contributed by atoms with Crippen molar-refractivity contribution >= 4 is 67.8 Å². The summed E-state index contributed by atoms with van der Waals surface area (Å²) in [6.45, 7) is 0. The van der Waals surface area contributed by atoms with E-state index in [2.05, 4.69) is 0 Å². The molecule has 1 aliphatic heterocycles. The molecule has 0 fully saturated rings. The van der Waals surface area contributed by atoms with Gasteiger partial charge < -0.3 is 4.74 Å². The Labute approximate surface area is 193 Å². The van der Waals surface area contributed by atoms with Crippen LogP contribution in [0.15, 0.2) is 59.5 Å². The highest BCUT2D eigenvalue weighted by molar-refractivity contribution is 7.89. The molecule has 30 heavy (non-hydrogen) atoms. The maximum atomic E-state index is 11.6. The minimum Gasteiger partial charge on any atom is -0.456 e. The third-order valence-electron chi connectivity index (χ3n) is 4.68. The molecule has 0 bridgehead atoms. The van der Waals surface area contributed by atoms with Crippen LogP contribution in [0.1, 0.15) is 16.7 Å². The topological polar surface area (TPSA) is 69.4 Å². The van der Waals surface area contributed by atoms with E-state index in [0.717, 1.165) is 5.56 Å². The van der Waals surface area contributed by atoms with Crippen LogP contribution in [0, 0.1) is 0 Å². The number of allylic oxidation sites excluding steroid dienone is 1. The van der Waals surface area contributed by atoms with Crippen LogP contribution in [-0.2, 0) is 16.4 Å². The summed E-state index contributed by atoms with van der Waals surface area (Å²) in [4.78, 5) is -0.00789. The number of fused-ring (bicyclic) bond motifs is 1. The molecule has 4 nitrogen and oxygen atoms in total. The molecule has 0 aliphatic carbocycles. The Morgan fingerprint density at radius 2 is 1.47 bits per heavy atom. The first kappa shape index (κ1) is 21.5. The van der Waals surface area contributed by atoms with E-state index in [1.54, 1.807) is 12.1 Å². The largest absolute Gasteiger partial charge is 0.456 e. The summed E-state index contributed by atoms with van der Waals surface area (Å²) in [7, 11) is -3.82. The molecular formula is C21H13Cl4NO3S. The minimum absolute atomic E-state index is 0.00789. The highest BCUT2D eigenvalue weighted by Crippen LogP contribution is 2.47. The Bertz CT molecular complexity index is 1280. The smallest absolute Gasteiger partial charge is 0.238 e. The van der Waals surface area contributed by atoms with Crippen molar-refractivity contribution in [1.29, 1.82) is 0 Å². The summed E-state index contributed by atoms with van der Waals surface area (Å²) < 4.78 is 29.4. The fraction of sp³-hybridized carbons (Fsp3) is 0.0476. The molecule has 1 heterocycles. The van der Waals surface area contributed by atoms with Gasteiger partial charge >= 0.3 is 0 Å². The van der Waals surface area contributed by atoms with Crippen molar-refractivity contribution in [1.82, 2.24) is 0 Å². The molecule has 2 N–H and O–H groups in total. The van der Waals surface area contributed by atoms with E-state index in [-0.39, 0.29) is 25.0 Å². The van der Waals surface area contributed by atoms with Gasteiger partial charge in [-0.25, -0.2) is 13.6 Å². The molecule has 0 amide bonds. The van der Waals surface area contributed by atoms with Gasteiger partial charge in [-0.3, -0.25) is 0 Å². The van der Waals surface area contributed by atoms with Crippen LogP contribution in [0.5, 0.6) is 5.75 Å². The van der Waals surface area contributed by atoms with Gasteiger partial charge in [0, 0.05) is 23.1 Å². The van der Waals surface area contributed by atoms with Gasteiger partial charge in [0.15, 0.2) is 0 Å². The second-order valence-corrected chi connectivity index (χ2v) is 9.74. The molecule has 3 aromatic rings. The van der Waals surface area contributed by atoms with Crippen LogP contribution in [0.25, 0.3) is 11.3 Å². The number of hydrogen-bond acceptors (Lipinski definition) is 3. The lowest BCUT2D eigenvalue weighted by molar-refractivity contribution is 0.502. The molecule has 154 valence electrons. The molecule has 1 aliphatic rings. The molecule has 0 unspecified atom stereocenters. The quantitative estimate of drug-likeness (QED) is 0.420. The third kappa shape index (κ3) is 3.94. The van der Waals surface area contributed by atoms with Crippen LogP contribution < -0.4 is 9.88 Å². The lowest BCUT2D eigenvalue weighted by Gasteiger charge is -2.25. The summed E-state index contributed by atoms with van der Waals surface area (Å²) in [5.74, 6) is 1.14. The van der Waals surface area contributed by atoms with Gasteiger partial charge in [0.2, 0.25) is 10.0 Å². The van der Waals surface area contributed by atoms with Gasteiger partial charge in [0.05, 0.1) is 25.0 Å². The molecule has 0 spiro atoms. The zero-order valence-corrected chi connectivity index (χ0v) is 19.0. The van der Waals surface area contributed by atoms with Crippen molar-refractivity contribution in [2.75, 3.05) is 0 Å². The average Bonchev–Trinajstić information content (AvgIpc) is 2.71. The van der Waals surface area contributed by atoms with Crippen molar-refractivity contribution in [3.05, 3.63) is 91.4 Å². The predicted molar refractivity (Wildman–Crippen MR) is 122 cm³/mol. The van der Waals surface area contributed by atoms with Crippen molar-refractivity contribution in [2.45, 2.75) is 11.3 Å². The average molecular weight is 501 g/mol. The van der Waals surface area contributed by atoms with E-state index >= 15 is 0 Å². The number of nitrogens with two attached hydrogens (primary N) is 1. The summed E-state index contributed by atoms with van der Waals surface area (Å²) in [6.07, 6.45) is 0.457. The molecule has 0 saturated heterocycles. The summed E-state index contributed by atoms with van der Waals surface area (Å²) in [6, 6.07) is 15.1. The Morgan fingerprint density at radius 3 is 2.07 bits per heavy atom. The van der Waals surface area contributed by atoms with Crippen LogP contribution in [-0.4, -0.2) is 8.42 Å². The maximum Gasteiger partial charge on any atom is 0.238 e. The first-order valence-electron chi connectivity index (χ1n) is 8.62. The highest BCUT2D eigenvalue weighted by atomic mass is 35.5. The Balaban J connectivity index is 1.97. The van der Waals surface area contributed by atoms with E-state index in [4.69, 9.17) is 56.3 Å². The maximum absolute atomic E-state index is 11.6. The van der Waals surface area contributed by atoms with Gasteiger partial charge in [-0.1, -0.05) is 64.6 Å². The number of primary sulfonamides is 1. The molecule has 0 radical (unpaired) electrons. The second-order valence-electron chi connectivity index (χ2n) is 6.61. The molecule has 0 saturated carbocycles. The van der Waals surface area contributed by atoms with Gasteiger partial charge in [-0.05, 0) is 42.0 Å². The summed E-state index contributed by atoms with van der Waals surface area (Å²) >= 11 is 25.5. The third-order valence-corrected chi connectivity index (χ3v) is 7.19. The molecule has 0 aromatic heterocycles. The van der Waals surface area contributed by atoms with E-state index in [1.807, 2.05) is 24.3 Å². The first-order valence-corrected chi connectivity index (χ1v) is 11.7. The van der Waals surface area contributed by atoms with Crippen LogP contribution >= 0.6 is 46.4 Å². The zero-order chi connectivity index (χ0) is 21.6. The monoisotopic (exact) mass is 499 g/mol. The van der Waals surface area contributed by atoms with Gasteiger partial charge in [-0.2, -0.15) is 0 Å². The van der Waals surface area contributed by atoms with E-state index in [9.17, 15) is 8.42 Å². The Morgan fingerprint density at radius 1 is 0.867 bits per heavy atom. The number of sulfonamides is 1. The summed E-state index contributed by atoms with van der Waals surface area (Å²) in [5.41, 5.74) is 2.70. The second kappa shape index (κ2) is 8.08. The number of hydrogen-bond donors (Lipinski definition) is 1. The molecular weight excluding hydrogens is 488 g/mol. The first-order chi connectivity index (χ1) is 14.2. The van der Waals surface area contributed by atoms with Crippen LogP contribution in [0.2, 0.25) is 20.1 Å². The lowest BCUT2D eigenvalue weighted by atomic mass is 9.92. The number of benzene rings is 3. The number of halogens is 4. The molecule has 4 rings (SSSR count). The SMILES string of the molecule is NS(=O)(=O)c1ccc(C2=C(c3c(Cl)c(Cl)cc(Cl)c3Cl)Cc3ccccc3O2)cc1. The minimum atomic E-state index is -3.82.